The fraction of sp³-hybridized carbons (Fsp3) is 0.640. The lowest BCUT2D eigenvalue weighted by Gasteiger charge is -2.27. The minimum absolute atomic E-state index is 0.190. The van der Waals surface area contributed by atoms with Gasteiger partial charge >= 0.3 is 5.97 Å². The van der Waals surface area contributed by atoms with Crippen molar-refractivity contribution in [1.82, 2.24) is 0 Å². The van der Waals surface area contributed by atoms with E-state index in [4.69, 9.17) is 9.73 Å². The number of carboxylic acids is 1. The number of ether oxygens (including phenoxy) is 1. The molecule has 6 nitrogen and oxygen atoms in total. The number of carbonyl (C=O) groups excluding carboxylic acids is 1. The first kappa shape index (κ1) is 23.5. The monoisotopic (exact) mass is 492 g/mol. The number of thiophene rings is 1. The number of anilines is 1. The number of carboxylic acid groups (broad SMARTS) is 1. The third-order valence-corrected chi connectivity index (χ3v) is 8.61. The molecule has 0 spiro atoms. The number of nitrogens with one attached hydrogen (secondary N) is 1. The van der Waals surface area contributed by atoms with E-state index in [9.17, 15) is 23.5 Å². The molecule has 2 heterocycles. The summed E-state index contributed by atoms with van der Waals surface area (Å²) in [6.45, 7) is 2.50. The van der Waals surface area contributed by atoms with E-state index in [0.717, 1.165) is 54.7 Å². The molecule has 1 aliphatic heterocycles. The Bertz CT molecular complexity index is 1070. The van der Waals surface area contributed by atoms with Crippen molar-refractivity contribution in [1.29, 1.82) is 0 Å². The highest BCUT2D eigenvalue weighted by Crippen LogP contribution is 2.46. The SMILES string of the molecule is CC1=C(C2CC2)N=C(c2c(NC(=O)C3CCCCC3C(=O)O)sc3c2CCC(F)(F)C3)OCC1. The van der Waals surface area contributed by atoms with Crippen molar-refractivity contribution in [3.8, 4) is 0 Å². The Morgan fingerprint density at radius 3 is 2.59 bits per heavy atom. The number of nitrogens with zero attached hydrogens (tertiary/aromatic N) is 1. The van der Waals surface area contributed by atoms with Gasteiger partial charge in [-0.1, -0.05) is 12.8 Å². The lowest BCUT2D eigenvalue weighted by Crippen LogP contribution is -2.36. The van der Waals surface area contributed by atoms with Gasteiger partial charge in [-0.25, -0.2) is 13.8 Å². The maximum absolute atomic E-state index is 14.2. The van der Waals surface area contributed by atoms with E-state index in [0.29, 0.717) is 46.7 Å². The first-order chi connectivity index (χ1) is 16.2. The minimum atomic E-state index is -2.78. The van der Waals surface area contributed by atoms with E-state index >= 15 is 0 Å². The minimum Gasteiger partial charge on any atom is -0.481 e. The van der Waals surface area contributed by atoms with Crippen molar-refractivity contribution in [3.63, 3.8) is 0 Å². The van der Waals surface area contributed by atoms with Crippen LogP contribution in [0.25, 0.3) is 0 Å². The summed E-state index contributed by atoms with van der Waals surface area (Å²) in [5.41, 5.74) is 3.59. The lowest BCUT2D eigenvalue weighted by atomic mass is 9.78. The van der Waals surface area contributed by atoms with Gasteiger partial charge in [-0.15, -0.1) is 11.3 Å². The molecule has 4 aliphatic rings. The van der Waals surface area contributed by atoms with Crippen LogP contribution in [0.3, 0.4) is 0 Å². The number of aliphatic imine (C=N–C) groups is 1. The van der Waals surface area contributed by atoms with Crippen molar-refractivity contribution in [2.75, 3.05) is 11.9 Å². The van der Waals surface area contributed by atoms with Crippen LogP contribution in [0.2, 0.25) is 0 Å². The second-order valence-electron chi connectivity index (χ2n) is 10.0. The van der Waals surface area contributed by atoms with Gasteiger partial charge in [0.1, 0.15) is 5.00 Å². The van der Waals surface area contributed by atoms with Gasteiger partial charge in [-0.3, -0.25) is 9.59 Å². The summed E-state index contributed by atoms with van der Waals surface area (Å²) >= 11 is 1.16. The molecule has 3 aliphatic carbocycles. The van der Waals surface area contributed by atoms with Gasteiger partial charge in [-0.05, 0) is 50.2 Å². The third kappa shape index (κ3) is 4.63. The first-order valence-corrected chi connectivity index (χ1v) is 13.0. The number of aliphatic carboxylic acids is 1. The van der Waals surface area contributed by atoms with Crippen LogP contribution in [-0.4, -0.2) is 35.4 Å². The zero-order valence-corrected chi connectivity index (χ0v) is 20.1. The number of allylic oxidation sites excluding steroid dienone is 1. The molecule has 184 valence electrons. The maximum atomic E-state index is 14.2. The Hall–Kier alpha value is -2.29. The average molecular weight is 493 g/mol. The predicted octanol–water partition coefficient (Wildman–Crippen LogP) is 5.55. The number of alkyl halides is 2. The van der Waals surface area contributed by atoms with Gasteiger partial charge in [0.25, 0.3) is 5.92 Å². The summed E-state index contributed by atoms with van der Waals surface area (Å²) in [7, 11) is 0. The molecule has 5 rings (SSSR count). The van der Waals surface area contributed by atoms with Crippen LogP contribution < -0.4 is 5.32 Å². The van der Waals surface area contributed by atoms with Crippen molar-refractivity contribution < 1.29 is 28.2 Å². The molecule has 0 bridgehead atoms. The van der Waals surface area contributed by atoms with Crippen LogP contribution in [0.4, 0.5) is 13.8 Å². The zero-order chi connectivity index (χ0) is 24.0. The van der Waals surface area contributed by atoms with E-state index in [1.54, 1.807) is 0 Å². The van der Waals surface area contributed by atoms with E-state index in [1.165, 1.54) is 5.57 Å². The fourth-order valence-electron chi connectivity index (χ4n) is 5.40. The Labute approximate surface area is 201 Å². The van der Waals surface area contributed by atoms with Crippen molar-refractivity contribution in [2.24, 2.45) is 22.7 Å². The van der Waals surface area contributed by atoms with Gasteiger partial charge in [0.05, 0.1) is 24.0 Å². The number of rotatable bonds is 5. The largest absolute Gasteiger partial charge is 0.481 e. The van der Waals surface area contributed by atoms with Crippen LogP contribution in [0.5, 0.6) is 0 Å². The Kier molecular flexibility index (Phi) is 6.25. The molecular formula is C25H30F2N2O4S. The Morgan fingerprint density at radius 1 is 1.15 bits per heavy atom. The summed E-state index contributed by atoms with van der Waals surface area (Å²) in [5.74, 6) is -4.66. The van der Waals surface area contributed by atoms with Crippen molar-refractivity contribution in [2.45, 2.75) is 77.1 Å². The summed E-state index contributed by atoms with van der Waals surface area (Å²) < 4.78 is 34.5. The molecular weight excluding hydrogens is 462 g/mol. The molecule has 34 heavy (non-hydrogen) atoms. The molecule has 1 amide bonds. The molecule has 0 aromatic carbocycles. The van der Waals surface area contributed by atoms with Gasteiger partial charge in [0.15, 0.2) is 0 Å². The summed E-state index contributed by atoms with van der Waals surface area (Å²) in [6.07, 6.45) is 5.06. The van der Waals surface area contributed by atoms with Crippen LogP contribution in [0.15, 0.2) is 16.3 Å². The molecule has 2 atom stereocenters. The maximum Gasteiger partial charge on any atom is 0.307 e. The number of hydrogen-bond acceptors (Lipinski definition) is 5. The quantitative estimate of drug-likeness (QED) is 0.564. The standard InChI is InChI=1S/C25H30F2N2O4S/c1-13-9-11-33-22(28-20(13)14-6-7-14)19-17-8-10-25(26,27)12-18(17)34-23(19)29-21(30)15-4-2-3-5-16(15)24(31)32/h14-16H,2-12H2,1H3,(H,29,30)(H,31,32). The highest BCUT2D eigenvalue weighted by atomic mass is 32.1. The Morgan fingerprint density at radius 2 is 1.88 bits per heavy atom. The van der Waals surface area contributed by atoms with E-state index in [1.807, 2.05) is 0 Å². The number of carbonyl (C=O) groups is 2. The van der Waals surface area contributed by atoms with Gasteiger partial charge in [-0.2, -0.15) is 0 Å². The van der Waals surface area contributed by atoms with Gasteiger partial charge in [0.2, 0.25) is 11.8 Å². The Balaban J connectivity index is 1.52. The first-order valence-electron chi connectivity index (χ1n) is 12.2. The number of hydrogen-bond donors (Lipinski definition) is 2. The van der Waals surface area contributed by atoms with Crippen LogP contribution in [0, 0.1) is 17.8 Å². The molecule has 2 unspecified atom stereocenters. The second-order valence-corrected chi connectivity index (χ2v) is 11.1. The fourth-order valence-corrected chi connectivity index (χ4v) is 6.72. The highest BCUT2D eigenvalue weighted by Gasteiger charge is 2.41. The normalized spacial score (nSPS) is 26.7. The molecule has 0 saturated heterocycles. The molecule has 2 N–H and O–H groups in total. The topological polar surface area (TPSA) is 88.0 Å². The molecule has 2 saturated carbocycles. The van der Waals surface area contributed by atoms with E-state index in [-0.39, 0.29) is 25.2 Å². The summed E-state index contributed by atoms with van der Waals surface area (Å²) in [6, 6.07) is 0. The van der Waals surface area contributed by atoms with Gasteiger partial charge < -0.3 is 15.2 Å². The molecule has 9 heteroatoms. The molecule has 0 radical (unpaired) electrons. The zero-order valence-electron chi connectivity index (χ0n) is 19.3. The predicted molar refractivity (Wildman–Crippen MR) is 126 cm³/mol. The second kappa shape index (κ2) is 9.06. The smallest absolute Gasteiger partial charge is 0.307 e. The summed E-state index contributed by atoms with van der Waals surface area (Å²) in [5, 5.41) is 13.0. The average Bonchev–Trinajstić information content (AvgIpc) is 3.59. The van der Waals surface area contributed by atoms with Crippen LogP contribution >= 0.6 is 11.3 Å². The lowest BCUT2D eigenvalue weighted by molar-refractivity contribution is -0.147. The van der Waals surface area contributed by atoms with Crippen LogP contribution in [-0.2, 0) is 27.2 Å². The number of fused-ring (bicyclic) bond motifs is 1. The van der Waals surface area contributed by atoms with E-state index in [2.05, 4.69) is 12.2 Å². The molecule has 1 aromatic rings. The third-order valence-electron chi connectivity index (χ3n) is 7.46. The molecule has 2 fully saturated rings. The van der Waals surface area contributed by atoms with E-state index < -0.39 is 23.7 Å². The van der Waals surface area contributed by atoms with Crippen molar-refractivity contribution >= 4 is 34.1 Å². The van der Waals surface area contributed by atoms with Gasteiger partial charge in [0, 0.05) is 35.8 Å². The number of amides is 1. The van der Waals surface area contributed by atoms with Crippen LogP contribution in [0.1, 0.15) is 74.3 Å². The number of halogens is 2. The van der Waals surface area contributed by atoms with Crippen molar-refractivity contribution in [3.05, 3.63) is 27.3 Å². The summed E-state index contributed by atoms with van der Waals surface area (Å²) in [4.78, 5) is 30.4. The molecule has 1 aromatic heterocycles. The highest BCUT2D eigenvalue weighted by molar-refractivity contribution is 7.17.